The molecule has 1 aliphatic rings. The maximum absolute atomic E-state index is 11.7. The molecule has 4 N–H and O–H groups in total. The Hall–Kier alpha value is -4.73. The van der Waals surface area contributed by atoms with Gasteiger partial charge in [0.1, 0.15) is 5.60 Å². The van der Waals surface area contributed by atoms with Gasteiger partial charge in [-0.05, 0) is 74.7 Å². The highest BCUT2D eigenvalue weighted by Gasteiger charge is 2.24. The standard InChI is InChI=1S/C17H20N2O2.C16H24N4O2/c1-17(2,3)21-16(20)19-15-10-9-13(11-14(15)18)12-7-5-4-6-8-12;1-18(2)16(19(3)4)17-13-9-10-20(11-13)14-7-5-12(6-8-14)15(21)22/h4-11H,18H2,1-3H3,(H,19,20);5-8,13H,9-11H2,1-4H3,(H,21,22)/t;13-/m.0/s1. The summed E-state index contributed by atoms with van der Waals surface area (Å²) in [6.45, 7) is 7.24. The molecule has 4 rings (SSSR count). The number of carbonyl (C=O) groups is 2. The Morgan fingerprint density at radius 3 is 2.12 bits per heavy atom. The van der Waals surface area contributed by atoms with Gasteiger partial charge in [-0.15, -0.1) is 0 Å². The lowest BCUT2D eigenvalue weighted by molar-refractivity contribution is 0.0634. The van der Waals surface area contributed by atoms with Gasteiger partial charge in [-0.1, -0.05) is 36.4 Å². The van der Waals surface area contributed by atoms with E-state index in [2.05, 4.69) is 10.2 Å². The van der Waals surface area contributed by atoms with Crippen molar-refractivity contribution in [1.29, 1.82) is 0 Å². The first-order valence-electron chi connectivity index (χ1n) is 14.2. The number of benzene rings is 3. The SMILES string of the molecule is CC(C)(C)OC(=O)Nc1ccc(-c2ccccc2)cc1N.CN(C)C(=N[C@H]1CCN(c2ccc(C(=O)O)cc2)C1)N(C)C. The number of nitrogens with zero attached hydrogens (tertiary/aromatic N) is 4. The lowest BCUT2D eigenvalue weighted by Crippen LogP contribution is -2.37. The Kier molecular flexibility index (Phi) is 11.0. The summed E-state index contributed by atoms with van der Waals surface area (Å²) in [5.74, 6) is 0.0742. The number of nitrogen functional groups attached to an aromatic ring is 1. The second-order valence-electron chi connectivity index (χ2n) is 11.8. The van der Waals surface area contributed by atoms with Crippen LogP contribution in [-0.2, 0) is 4.74 Å². The van der Waals surface area contributed by atoms with E-state index in [1.165, 1.54) is 0 Å². The minimum atomic E-state index is -0.892. The van der Waals surface area contributed by atoms with Gasteiger partial charge >= 0.3 is 12.1 Å². The molecular weight excluding hydrogens is 544 g/mol. The number of hydrogen-bond donors (Lipinski definition) is 3. The minimum absolute atomic E-state index is 0.263. The lowest BCUT2D eigenvalue weighted by Gasteiger charge is -2.24. The monoisotopic (exact) mass is 588 g/mol. The molecule has 1 aliphatic heterocycles. The van der Waals surface area contributed by atoms with Crippen LogP contribution in [0.25, 0.3) is 11.1 Å². The Bertz CT molecular complexity index is 1390. The number of nitrogens with one attached hydrogen (secondary N) is 1. The Morgan fingerprint density at radius 1 is 0.953 bits per heavy atom. The summed E-state index contributed by atoms with van der Waals surface area (Å²) in [4.78, 5) is 33.8. The summed E-state index contributed by atoms with van der Waals surface area (Å²) in [6, 6.07) is 22.8. The Morgan fingerprint density at radius 2 is 1.58 bits per heavy atom. The van der Waals surface area contributed by atoms with Crippen molar-refractivity contribution in [3.05, 3.63) is 78.4 Å². The van der Waals surface area contributed by atoms with Crippen LogP contribution in [0.4, 0.5) is 21.9 Å². The molecule has 0 unspecified atom stereocenters. The van der Waals surface area contributed by atoms with Crippen LogP contribution >= 0.6 is 0 Å². The molecule has 3 aromatic rings. The number of aromatic carboxylic acids is 1. The van der Waals surface area contributed by atoms with Crippen molar-refractivity contribution in [2.75, 3.05) is 57.2 Å². The average molecular weight is 589 g/mol. The van der Waals surface area contributed by atoms with E-state index < -0.39 is 17.7 Å². The predicted octanol–water partition coefficient (Wildman–Crippen LogP) is 5.73. The number of nitrogens with two attached hydrogens (primary N) is 1. The molecule has 0 saturated carbocycles. The van der Waals surface area contributed by atoms with E-state index in [-0.39, 0.29) is 6.04 Å². The fourth-order valence-electron chi connectivity index (χ4n) is 4.59. The molecule has 1 fully saturated rings. The van der Waals surface area contributed by atoms with Crippen molar-refractivity contribution < 1.29 is 19.4 Å². The molecule has 43 heavy (non-hydrogen) atoms. The van der Waals surface area contributed by atoms with Crippen molar-refractivity contribution in [3.8, 4) is 11.1 Å². The summed E-state index contributed by atoms with van der Waals surface area (Å²) in [7, 11) is 7.98. The van der Waals surface area contributed by atoms with Gasteiger partial charge in [0.25, 0.3) is 0 Å². The summed E-state index contributed by atoms with van der Waals surface area (Å²) in [6.07, 6.45) is 0.493. The van der Waals surface area contributed by atoms with Crippen LogP contribution in [0.2, 0.25) is 0 Å². The minimum Gasteiger partial charge on any atom is -0.478 e. The van der Waals surface area contributed by atoms with Gasteiger partial charge in [0.05, 0.1) is 23.0 Å². The molecule has 0 aromatic heterocycles. The molecule has 1 amide bonds. The third kappa shape index (κ3) is 9.95. The van der Waals surface area contributed by atoms with E-state index in [9.17, 15) is 9.59 Å². The highest BCUT2D eigenvalue weighted by molar-refractivity contribution is 5.90. The second-order valence-corrected chi connectivity index (χ2v) is 11.8. The largest absolute Gasteiger partial charge is 0.478 e. The molecule has 10 nitrogen and oxygen atoms in total. The lowest BCUT2D eigenvalue weighted by atomic mass is 10.0. The van der Waals surface area contributed by atoms with E-state index in [0.717, 1.165) is 42.3 Å². The smallest absolute Gasteiger partial charge is 0.412 e. The molecule has 1 heterocycles. The third-order valence-electron chi connectivity index (χ3n) is 6.54. The number of guanidine groups is 1. The fraction of sp³-hybridized carbons (Fsp3) is 0.364. The van der Waals surface area contributed by atoms with Crippen LogP contribution in [0.15, 0.2) is 77.8 Å². The number of hydrogen-bond acceptors (Lipinski definition) is 6. The van der Waals surface area contributed by atoms with Gasteiger partial charge in [0.15, 0.2) is 5.96 Å². The maximum atomic E-state index is 11.7. The van der Waals surface area contributed by atoms with Crippen LogP contribution in [0.1, 0.15) is 37.6 Å². The van der Waals surface area contributed by atoms with Crippen LogP contribution in [0, 0.1) is 0 Å². The summed E-state index contributed by atoms with van der Waals surface area (Å²) < 4.78 is 5.21. The molecule has 0 radical (unpaired) electrons. The maximum Gasteiger partial charge on any atom is 0.412 e. The topological polar surface area (TPSA) is 124 Å². The Balaban J connectivity index is 0.000000236. The first-order valence-corrected chi connectivity index (χ1v) is 14.2. The summed E-state index contributed by atoms with van der Waals surface area (Å²) in [5, 5.41) is 11.6. The quantitative estimate of drug-likeness (QED) is 0.196. The number of aliphatic imine (C=N–C) groups is 1. The van der Waals surface area contributed by atoms with E-state index >= 15 is 0 Å². The number of rotatable bonds is 5. The number of carboxylic acids is 1. The van der Waals surface area contributed by atoms with Crippen LogP contribution in [0.5, 0.6) is 0 Å². The molecule has 0 spiro atoms. The van der Waals surface area contributed by atoms with Crippen molar-refractivity contribution >= 4 is 35.1 Å². The van der Waals surface area contributed by atoms with Crippen LogP contribution < -0.4 is 16.0 Å². The zero-order chi connectivity index (χ0) is 31.7. The van der Waals surface area contributed by atoms with Gasteiger partial charge < -0.3 is 30.3 Å². The molecular formula is C33H44N6O4. The number of amides is 1. The highest BCUT2D eigenvalue weighted by atomic mass is 16.6. The summed E-state index contributed by atoms with van der Waals surface area (Å²) in [5.41, 5.74) is 9.96. The molecule has 0 aliphatic carbocycles. The first kappa shape index (κ1) is 32.8. The van der Waals surface area contributed by atoms with E-state index in [1.807, 2.05) is 113 Å². The van der Waals surface area contributed by atoms with E-state index in [0.29, 0.717) is 16.9 Å². The molecule has 10 heteroatoms. The number of carbonyl (C=O) groups excluding carboxylic acids is 1. The number of carboxylic acid groups (broad SMARTS) is 1. The van der Waals surface area contributed by atoms with E-state index in [4.69, 9.17) is 20.6 Å². The molecule has 1 atom stereocenters. The number of anilines is 3. The van der Waals surface area contributed by atoms with Crippen molar-refractivity contribution in [3.63, 3.8) is 0 Å². The van der Waals surface area contributed by atoms with Crippen LogP contribution in [0.3, 0.4) is 0 Å². The molecule has 1 saturated heterocycles. The molecule has 0 bridgehead atoms. The van der Waals surface area contributed by atoms with Crippen molar-refractivity contribution in [1.82, 2.24) is 9.80 Å². The number of ether oxygens (including phenoxy) is 1. The normalized spacial score (nSPS) is 14.2. The van der Waals surface area contributed by atoms with E-state index in [1.54, 1.807) is 18.2 Å². The molecule has 230 valence electrons. The average Bonchev–Trinajstić information content (AvgIpc) is 3.41. The second kappa shape index (κ2) is 14.4. The zero-order valence-corrected chi connectivity index (χ0v) is 26.2. The fourth-order valence-corrected chi connectivity index (χ4v) is 4.59. The van der Waals surface area contributed by atoms with Gasteiger partial charge in [-0.25, -0.2) is 14.6 Å². The van der Waals surface area contributed by atoms with Gasteiger partial charge in [-0.3, -0.25) is 5.32 Å². The van der Waals surface area contributed by atoms with Gasteiger partial charge in [-0.2, -0.15) is 0 Å². The van der Waals surface area contributed by atoms with Crippen molar-refractivity contribution in [2.45, 2.75) is 38.8 Å². The van der Waals surface area contributed by atoms with Gasteiger partial charge in [0, 0.05) is 47.0 Å². The predicted molar refractivity (Wildman–Crippen MR) is 175 cm³/mol. The summed E-state index contributed by atoms with van der Waals surface area (Å²) >= 11 is 0. The van der Waals surface area contributed by atoms with Gasteiger partial charge in [0.2, 0.25) is 0 Å². The van der Waals surface area contributed by atoms with Crippen LogP contribution in [-0.4, -0.2) is 85.9 Å². The highest BCUT2D eigenvalue weighted by Crippen LogP contribution is 2.27. The van der Waals surface area contributed by atoms with Crippen molar-refractivity contribution in [2.24, 2.45) is 4.99 Å². The first-order chi connectivity index (χ1) is 20.2. The Labute approximate surface area is 254 Å². The zero-order valence-electron chi connectivity index (χ0n) is 26.2. The third-order valence-corrected chi connectivity index (χ3v) is 6.54. The molecule has 3 aromatic carbocycles.